The van der Waals surface area contributed by atoms with Crippen LogP contribution in [0.15, 0.2) is 0 Å². The maximum atomic E-state index is 11.5. The van der Waals surface area contributed by atoms with Crippen molar-refractivity contribution in [3.05, 3.63) is 0 Å². The summed E-state index contributed by atoms with van der Waals surface area (Å²) >= 11 is 0. The zero-order valence-corrected chi connectivity index (χ0v) is 8.52. The lowest BCUT2D eigenvalue weighted by atomic mass is 9.74. The summed E-state index contributed by atoms with van der Waals surface area (Å²) in [5, 5.41) is 2.42. The minimum atomic E-state index is -0.458. The molecule has 0 spiro atoms. The molecule has 1 heterocycles. The molecular weight excluding hydrogens is 166 g/mol. The molecule has 0 aromatic rings. The molecular formula is C10H17NO2. The van der Waals surface area contributed by atoms with Crippen LogP contribution in [0.25, 0.3) is 0 Å². The SMILES string of the molecule is CCCC1(C)C(=O)NC(=O)C1CC. The monoisotopic (exact) mass is 183 g/mol. The number of carbonyl (C=O) groups is 2. The van der Waals surface area contributed by atoms with E-state index in [2.05, 4.69) is 5.32 Å². The van der Waals surface area contributed by atoms with Crippen LogP contribution in [0.5, 0.6) is 0 Å². The maximum Gasteiger partial charge on any atom is 0.233 e. The van der Waals surface area contributed by atoms with E-state index in [9.17, 15) is 9.59 Å². The molecule has 2 unspecified atom stereocenters. The van der Waals surface area contributed by atoms with Crippen LogP contribution >= 0.6 is 0 Å². The number of amides is 2. The summed E-state index contributed by atoms with van der Waals surface area (Å²) in [6.07, 6.45) is 2.48. The summed E-state index contributed by atoms with van der Waals surface area (Å²) in [6, 6.07) is 0. The van der Waals surface area contributed by atoms with Crippen LogP contribution < -0.4 is 5.32 Å². The van der Waals surface area contributed by atoms with Crippen LogP contribution in [-0.4, -0.2) is 11.8 Å². The lowest BCUT2D eigenvalue weighted by molar-refractivity contribution is -0.128. The predicted molar refractivity (Wildman–Crippen MR) is 49.9 cm³/mol. The molecule has 13 heavy (non-hydrogen) atoms. The molecule has 2 amide bonds. The summed E-state index contributed by atoms with van der Waals surface area (Å²) in [6.45, 7) is 5.88. The predicted octanol–water partition coefficient (Wildman–Crippen LogP) is 1.48. The molecule has 1 aliphatic heterocycles. The third-order valence-electron chi connectivity index (χ3n) is 3.02. The lowest BCUT2D eigenvalue weighted by Crippen LogP contribution is -2.31. The Hall–Kier alpha value is -0.860. The molecule has 2 atom stereocenters. The van der Waals surface area contributed by atoms with Crippen molar-refractivity contribution in [3.63, 3.8) is 0 Å². The average Bonchev–Trinajstić information content (AvgIpc) is 2.24. The van der Waals surface area contributed by atoms with Crippen LogP contribution in [0, 0.1) is 11.3 Å². The lowest BCUT2D eigenvalue weighted by Gasteiger charge is -2.25. The van der Waals surface area contributed by atoms with Gasteiger partial charge in [-0.05, 0) is 19.8 Å². The fourth-order valence-corrected chi connectivity index (χ4v) is 2.23. The van der Waals surface area contributed by atoms with Gasteiger partial charge in [0.1, 0.15) is 0 Å². The van der Waals surface area contributed by atoms with E-state index in [1.54, 1.807) is 0 Å². The fourth-order valence-electron chi connectivity index (χ4n) is 2.23. The molecule has 74 valence electrons. The summed E-state index contributed by atoms with van der Waals surface area (Å²) < 4.78 is 0. The smallest absolute Gasteiger partial charge is 0.233 e. The summed E-state index contributed by atoms with van der Waals surface area (Å²) in [5.41, 5.74) is -0.458. The van der Waals surface area contributed by atoms with E-state index in [1.807, 2.05) is 20.8 Å². The van der Waals surface area contributed by atoms with E-state index in [0.29, 0.717) is 0 Å². The summed E-state index contributed by atoms with van der Waals surface area (Å²) in [4.78, 5) is 22.9. The van der Waals surface area contributed by atoms with Gasteiger partial charge in [-0.25, -0.2) is 0 Å². The molecule has 0 saturated carbocycles. The van der Waals surface area contributed by atoms with Crippen LogP contribution in [0.2, 0.25) is 0 Å². The van der Waals surface area contributed by atoms with Crippen LogP contribution in [0.1, 0.15) is 40.0 Å². The van der Waals surface area contributed by atoms with Gasteiger partial charge in [0.2, 0.25) is 11.8 Å². The first kappa shape index (κ1) is 10.2. The third-order valence-corrected chi connectivity index (χ3v) is 3.02. The second kappa shape index (κ2) is 3.48. The number of imide groups is 1. The Kier molecular flexibility index (Phi) is 2.74. The molecule has 0 aromatic heterocycles. The number of rotatable bonds is 3. The molecule has 0 bridgehead atoms. The Labute approximate surface area is 78.9 Å². The Bertz CT molecular complexity index is 237. The van der Waals surface area contributed by atoms with Crippen molar-refractivity contribution in [2.75, 3.05) is 0 Å². The number of hydrogen-bond donors (Lipinski definition) is 1. The number of hydrogen-bond acceptors (Lipinski definition) is 2. The molecule has 3 nitrogen and oxygen atoms in total. The zero-order valence-electron chi connectivity index (χ0n) is 8.52. The highest BCUT2D eigenvalue weighted by Crippen LogP contribution is 2.39. The maximum absolute atomic E-state index is 11.5. The topological polar surface area (TPSA) is 46.2 Å². The molecule has 0 radical (unpaired) electrons. The second-order valence-electron chi connectivity index (χ2n) is 3.95. The van der Waals surface area contributed by atoms with Crippen LogP contribution in [0.4, 0.5) is 0 Å². The van der Waals surface area contributed by atoms with Gasteiger partial charge in [0.25, 0.3) is 0 Å². The van der Waals surface area contributed by atoms with Crippen molar-refractivity contribution < 1.29 is 9.59 Å². The van der Waals surface area contributed by atoms with E-state index >= 15 is 0 Å². The molecule has 1 N–H and O–H groups in total. The van der Waals surface area contributed by atoms with Crippen molar-refractivity contribution in [3.8, 4) is 0 Å². The first-order chi connectivity index (χ1) is 6.06. The zero-order chi connectivity index (χ0) is 10.1. The van der Waals surface area contributed by atoms with Crippen molar-refractivity contribution in [2.45, 2.75) is 40.0 Å². The van der Waals surface area contributed by atoms with Crippen molar-refractivity contribution in [1.29, 1.82) is 0 Å². The highest BCUT2D eigenvalue weighted by atomic mass is 16.2. The Morgan fingerprint density at radius 1 is 1.38 bits per heavy atom. The largest absolute Gasteiger partial charge is 0.296 e. The summed E-state index contributed by atoms with van der Waals surface area (Å²) in [7, 11) is 0. The van der Waals surface area contributed by atoms with E-state index in [0.717, 1.165) is 19.3 Å². The van der Waals surface area contributed by atoms with Gasteiger partial charge in [0.05, 0.1) is 11.3 Å². The first-order valence-corrected chi connectivity index (χ1v) is 4.91. The van der Waals surface area contributed by atoms with Gasteiger partial charge >= 0.3 is 0 Å². The van der Waals surface area contributed by atoms with Crippen molar-refractivity contribution in [2.24, 2.45) is 11.3 Å². The van der Waals surface area contributed by atoms with Gasteiger partial charge in [0, 0.05) is 0 Å². The number of nitrogens with one attached hydrogen (secondary N) is 1. The molecule has 1 rings (SSSR count). The highest BCUT2D eigenvalue weighted by molar-refractivity contribution is 6.07. The molecule has 1 aliphatic rings. The highest BCUT2D eigenvalue weighted by Gasteiger charge is 2.49. The van der Waals surface area contributed by atoms with E-state index in [4.69, 9.17) is 0 Å². The molecule has 0 aromatic carbocycles. The standard InChI is InChI=1S/C10H17NO2/c1-4-6-10(3)7(5-2)8(12)11-9(10)13/h7H,4-6H2,1-3H3,(H,11,12,13). The molecule has 3 heteroatoms. The average molecular weight is 183 g/mol. The van der Waals surface area contributed by atoms with Gasteiger partial charge in [-0.2, -0.15) is 0 Å². The van der Waals surface area contributed by atoms with Gasteiger partial charge in [-0.3, -0.25) is 14.9 Å². The quantitative estimate of drug-likeness (QED) is 0.673. The minimum Gasteiger partial charge on any atom is -0.296 e. The second-order valence-corrected chi connectivity index (χ2v) is 3.95. The van der Waals surface area contributed by atoms with Gasteiger partial charge < -0.3 is 0 Å². The van der Waals surface area contributed by atoms with E-state index in [1.165, 1.54) is 0 Å². The van der Waals surface area contributed by atoms with Gasteiger partial charge in [-0.1, -0.05) is 20.3 Å². The van der Waals surface area contributed by atoms with Crippen molar-refractivity contribution in [1.82, 2.24) is 5.32 Å². The number of carbonyl (C=O) groups excluding carboxylic acids is 2. The molecule has 1 saturated heterocycles. The normalized spacial score (nSPS) is 33.6. The minimum absolute atomic E-state index is 0.0915. The van der Waals surface area contributed by atoms with Crippen molar-refractivity contribution >= 4 is 11.8 Å². The van der Waals surface area contributed by atoms with Crippen LogP contribution in [-0.2, 0) is 9.59 Å². The fraction of sp³-hybridized carbons (Fsp3) is 0.800. The molecule has 1 fully saturated rings. The Morgan fingerprint density at radius 2 is 2.00 bits per heavy atom. The van der Waals surface area contributed by atoms with Crippen LogP contribution in [0.3, 0.4) is 0 Å². The van der Waals surface area contributed by atoms with Gasteiger partial charge in [-0.15, -0.1) is 0 Å². The van der Waals surface area contributed by atoms with Gasteiger partial charge in [0.15, 0.2) is 0 Å². The summed E-state index contributed by atoms with van der Waals surface area (Å²) in [5.74, 6) is -0.311. The first-order valence-electron chi connectivity index (χ1n) is 4.91. The Morgan fingerprint density at radius 3 is 2.46 bits per heavy atom. The van der Waals surface area contributed by atoms with E-state index in [-0.39, 0.29) is 17.7 Å². The van der Waals surface area contributed by atoms with E-state index < -0.39 is 5.41 Å². The third kappa shape index (κ3) is 1.47. The Balaban J connectivity index is 2.91. The molecule has 0 aliphatic carbocycles.